The van der Waals surface area contributed by atoms with Crippen molar-refractivity contribution < 1.29 is 4.79 Å². The molecule has 3 rings (SSSR count). The summed E-state index contributed by atoms with van der Waals surface area (Å²) in [5.41, 5.74) is 4.93. The highest BCUT2D eigenvalue weighted by Crippen LogP contribution is 2.30. The summed E-state index contributed by atoms with van der Waals surface area (Å²) in [6, 6.07) is 17.2. The topological polar surface area (TPSA) is 32.9 Å². The summed E-state index contributed by atoms with van der Waals surface area (Å²) >= 11 is 1.59. The first-order valence-corrected chi connectivity index (χ1v) is 9.17. The highest BCUT2D eigenvalue weighted by Gasteiger charge is 2.14. The van der Waals surface area contributed by atoms with Gasteiger partial charge in [-0.3, -0.25) is 4.79 Å². The molecule has 3 aromatic rings. The van der Waals surface area contributed by atoms with Crippen LogP contribution in [-0.4, -0.2) is 16.5 Å². The van der Waals surface area contributed by atoms with Crippen molar-refractivity contribution in [1.82, 2.24) is 4.98 Å². The fourth-order valence-corrected chi connectivity index (χ4v) is 3.44. The Morgan fingerprint density at radius 1 is 1.08 bits per heavy atom. The number of carbonyl (C=O) groups is 1. The molecule has 124 valence electrons. The first-order valence-electron chi connectivity index (χ1n) is 8.19. The maximum atomic E-state index is 11.2. The molecule has 0 amide bonds. The van der Waals surface area contributed by atoms with Gasteiger partial charge in [0.15, 0.2) is 0 Å². The second kappa shape index (κ2) is 6.48. The van der Waals surface area contributed by atoms with Gasteiger partial charge in [0.2, 0.25) is 0 Å². The second-order valence-electron chi connectivity index (χ2n) is 7.25. The van der Waals surface area contributed by atoms with Gasteiger partial charge in [-0.1, -0.05) is 39.0 Å². The molecule has 0 spiro atoms. The van der Waals surface area contributed by atoms with E-state index in [1.165, 1.54) is 16.5 Å². The lowest BCUT2D eigenvalue weighted by Gasteiger charge is -2.19. The Bertz CT molecular complexity index is 886. The fourth-order valence-electron chi connectivity index (χ4n) is 2.69. The van der Waals surface area contributed by atoms with Crippen LogP contribution in [0.2, 0.25) is 0 Å². The zero-order chi connectivity index (χ0) is 17.3. The van der Waals surface area contributed by atoms with E-state index >= 15 is 0 Å². The molecule has 0 radical (unpaired) electrons. The molecule has 1 heterocycles. The highest BCUT2D eigenvalue weighted by atomic mass is 32.2. The molecule has 0 aliphatic heterocycles. The standard InChI is InChI=1S/C21H23NOS/c1-14(23)13-24-18-8-9-19-16(11-18)12-20(22-19)15-6-5-7-17(10-15)21(2,3)4/h5-12,22H,13H2,1-4H3. The van der Waals surface area contributed by atoms with Crippen molar-refractivity contribution in [1.29, 1.82) is 0 Å². The number of aromatic nitrogens is 1. The number of rotatable bonds is 4. The van der Waals surface area contributed by atoms with E-state index in [1.807, 2.05) is 0 Å². The van der Waals surface area contributed by atoms with E-state index in [-0.39, 0.29) is 11.2 Å². The Morgan fingerprint density at radius 2 is 1.88 bits per heavy atom. The number of H-pyrrole nitrogens is 1. The number of nitrogens with one attached hydrogen (secondary N) is 1. The summed E-state index contributed by atoms with van der Waals surface area (Å²) in [6.45, 7) is 8.32. The third-order valence-electron chi connectivity index (χ3n) is 4.07. The minimum atomic E-state index is 0.137. The Morgan fingerprint density at radius 3 is 2.58 bits per heavy atom. The van der Waals surface area contributed by atoms with Crippen molar-refractivity contribution in [3.63, 3.8) is 0 Å². The predicted molar refractivity (Wildman–Crippen MR) is 104 cm³/mol. The van der Waals surface area contributed by atoms with Gasteiger partial charge in [-0.05, 0) is 53.8 Å². The summed E-state index contributed by atoms with van der Waals surface area (Å²) in [5, 5.41) is 1.18. The van der Waals surface area contributed by atoms with Gasteiger partial charge in [0.05, 0.1) is 5.75 Å². The zero-order valence-electron chi connectivity index (χ0n) is 14.6. The van der Waals surface area contributed by atoms with Crippen LogP contribution in [0.15, 0.2) is 53.4 Å². The van der Waals surface area contributed by atoms with Crippen LogP contribution in [0, 0.1) is 0 Å². The molecule has 1 aromatic heterocycles. The van der Waals surface area contributed by atoms with Crippen LogP contribution in [0.4, 0.5) is 0 Å². The van der Waals surface area contributed by atoms with Crippen LogP contribution in [0.25, 0.3) is 22.2 Å². The van der Waals surface area contributed by atoms with Crippen LogP contribution >= 0.6 is 11.8 Å². The molecule has 2 nitrogen and oxygen atoms in total. The number of benzene rings is 2. The summed E-state index contributed by atoms with van der Waals surface area (Å²) in [5.74, 6) is 0.727. The molecule has 0 unspecified atom stereocenters. The van der Waals surface area contributed by atoms with Gasteiger partial charge in [-0.2, -0.15) is 0 Å². The molecule has 2 aromatic carbocycles. The number of hydrogen-bond donors (Lipinski definition) is 1. The molecule has 0 saturated heterocycles. The molecular weight excluding hydrogens is 314 g/mol. The third-order valence-corrected chi connectivity index (χ3v) is 5.21. The average molecular weight is 337 g/mol. The average Bonchev–Trinajstić information content (AvgIpc) is 2.95. The van der Waals surface area contributed by atoms with Crippen LogP contribution in [0.5, 0.6) is 0 Å². The quantitative estimate of drug-likeness (QED) is 0.609. The minimum Gasteiger partial charge on any atom is -0.355 e. The van der Waals surface area contributed by atoms with E-state index < -0.39 is 0 Å². The lowest BCUT2D eigenvalue weighted by atomic mass is 9.86. The van der Waals surface area contributed by atoms with Crippen LogP contribution < -0.4 is 0 Å². The van der Waals surface area contributed by atoms with Crippen LogP contribution in [0.3, 0.4) is 0 Å². The molecule has 0 bridgehead atoms. The van der Waals surface area contributed by atoms with Crippen molar-refractivity contribution in [2.75, 3.05) is 5.75 Å². The van der Waals surface area contributed by atoms with Gasteiger partial charge >= 0.3 is 0 Å². The van der Waals surface area contributed by atoms with E-state index in [2.05, 4.69) is 74.3 Å². The number of Topliss-reactive ketones (excluding diaryl/α,β-unsaturated/α-hetero) is 1. The number of carbonyl (C=O) groups excluding carboxylic acids is 1. The van der Waals surface area contributed by atoms with Crippen molar-refractivity contribution >= 4 is 28.4 Å². The molecule has 3 heteroatoms. The Labute approximate surface area is 147 Å². The van der Waals surface area contributed by atoms with E-state index in [0.717, 1.165) is 16.1 Å². The minimum absolute atomic E-state index is 0.137. The summed E-state index contributed by atoms with van der Waals surface area (Å²) in [4.78, 5) is 15.8. The Kier molecular flexibility index (Phi) is 4.55. The van der Waals surface area contributed by atoms with Crippen LogP contribution in [-0.2, 0) is 10.2 Å². The largest absolute Gasteiger partial charge is 0.355 e. The smallest absolute Gasteiger partial charge is 0.140 e. The third kappa shape index (κ3) is 3.73. The van der Waals surface area contributed by atoms with E-state index in [4.69, 9.17) is 0 Å². The van der Waals surface area contributed by atoms with Crippen molar-refractivity contribution in [2.45, 2.75) is 38.0 Å². The van der Waals surface area contributed by atoms with Gasteiger partial charge in [0.1, 0.15) is 5.78 Å². The van der Waals surface area contributed by atoms with Gasteiger partial charge in [0.25, 0.3) is 0 Å². The Balaban J connectivity index is 1.95. The number of hydrogen-bond acceptors (Lipinski definition) is 2. The lowest BCUT2D eigenvalue weighted by molar-refractivity contribution is -0.114. The van der Waals surface area contributed by atoms with Crippen molar-refractivity contribution in [3.05, 3.63) is 54.1 Å². The summed E-state index contributed by atoms with van der Waals surface area (Å²) in [6.07, 6.45) is 0. The summed E-state index contributed by atoms with van der Waals surface area (Å²) < 4.78 is 0. The molecule has 0 aliphatic carbocycles. The molecule has 0 fully saturated rings. The lowest BCUT2D eigenvalue weighted by Crippen LogP contribution is -2.10. The van der Waals surface area contributed by atoms with Gasteiger partial charge < -0.3 is 4.98 Å². The van der Waals surface area contributed by atoms with Gasteiger partial charge in [-0.25, -0.2) is 0 Å². The van der Waals surface area contributed by atoms with Gasteiger partial charge in [-0.15, -0.1) is 11.8 Å². The molecule has 1 N–H and O–H groups in total. The van der Waals surface area contributed by atoms with Crippen LogP contribution in [0.1, 0.15) is 33.3 Å². The van der Waals surface area contributed by atoms with E-state index in [1.54, 1.807) is 18.7 Å². The second-order valence-corrected chi connectivity index (χ2v) is 8.30. The first kappa shape index (κ1) is 16.8. The number of ketones is 1. The van der Waals surface area contributed by atoms with Crippen molar-refractivity contribution in [3.8, 4) is 11.3 Å². The molecule has 0 aliphatic rings. The van der Waals surface area contributed by atoms with E-state index in [9.17, 15) is 4.79 Å². The van der Waals surface area contributed by atoms with E-state index in [0.29, 0.717) is 5.75 Å². The normalized spacial score (nSPS) is 11.8. The molecule has 0 saturated carbocycles. The zero-order valence-corrected chi connectivity index (χ0v) is 15.5. The number of thioether (sulfide) groups is 1. The SMILES string of the molecule is CC(=O)CSc1ccc2[nH]c(-c3cccc(C(C)(C)C)c3)cc2c1. The molecule has 0 atom stereocenters. The molecule has 24 heavy (non-hydrogen) atoms. The summed E-state index contributed by atoms with van der Waals surface area (Å²) in [7, 11) is 0. The maximum absolute atomic E-state index is 11.2. The Hall–Kier alpha value is -2.00. The first-order chi connectivity index (χ1) is 11.3. The molecular formula is C21H23NOS. The highest BCUT2D eigenvalue weighted by molar-refractivity contribution is 8.00. The monoisotopic (exact) mass is 337 g/mol. The maximum Gasteiger partial charge on any atom is 0.140 e. The number of aromatic amines is 1. The number of fused-ring (bicyclic) bond motifs is 1. The van der Waals surface area contributed by atoms with Gasteiger partial charge in [0, 0.05) is 21.5 Å². The van der Waals surface area contributed by atoms with Crippen molar-refractivity contribution in [2.24, 2.45) is 0 Å². The fraction of sp³-hybridized carbons (Fsp3) is 0.286. The predicted octanol–water partition coefficient (Wildman–Crippen LogP) is 5.81.